The molecule has 26 heavy (non-hydrogen) atoms. The molecule has 0 unspecified atom stereocenters. The fraction of sp³-hybridized carbons (Fsp3) is 0.250. The molecule has 4 aromatic rings. The molecule has 130 valence electrons. The zero-order valence-electron chi connectivity index (χ0n) is 13.7. The number of pyridine rings is 1. The highest BCUT2D eigenvalue weighted by molar-refractivity contribution is 5.85. The predicted molar refractivity (Wildman–Crippen MR) is 93.5 cm³/mol. The Labute approximate surface area is 147 Å². The normalized spacial score (nSPS) is 17.1. The summed E-state index contributed by atoms with van der Waals surface area (Å²) in [6, 6.07) is 5.80. The van der Waals surface area contributed by atoms with E-state index in [1.54, 1.807) is 12.4 Å². The molecule has 0 saturated carbocycles. The van der Waals surface area contributed by atoms with E-state index >= 15 is 0 Å². The van der Waals surface area contributed by atoms with E-state index in [4.69, 9.17) is 4.52 Å². The van der Waals surface area contributed by atoms with Gasteiger partial charge in [-0.15, -0.1) is 0 Å². The second kappa shape index (κ2) is 6.06. The highest BCUT2D eigenvalue weighted by Gasteiger charge is 2.27. The van der Waals surface area contributed by atoms with Crippen molar-refractivity contribution in [1.82, 2.24) is 35.3 Å². The average molecular weight is 349 g/mol. The van der Waals surface area contributed by atoms with Crippen molar-refractivity contribution in [3.8, 4) is 11.6 Å². The monoisotopic (exact) mass is 349 g/mol. The Bertz CT molecular complexity index is 1030. The quantitative estimate of drug-likeness (QED) is 0.564. The smallest absolute Gasteiger partial charge is 0.278 e. The molecule has 0 bridgehead atoms. The van der Waals surface area contributed by atoms with Crippen molar-refractivity contribution >= 4 is 22.8 Å². The molecule has 10 nitrogen and oxygen atoms in total. The predicted octanol–water partition coefficient (Wildman–Crippen LogP) is 1.49. The van der Waals surface area contributed by atoms with Crippen molar-refractivity contribution in [1.29, 1.82) is 0 Å². The van der Waals surface area contributed by atoms with Gasteiger partial charge in [0.05, 0.1) is 11.6 Å². The van der Waals surface area contributed by atoms with Gasteiger partial charge in [-0.2, -0.15) is 10.1 Å². The van der Waals surface area contributed by atoms with E-state index in [0.29, 0.717) is 17.5 Å². The molecule has 1 fully saturated rings. The topological polar surface area (TPSA) is 122 Å². The van der Waals surface area contributed by atoms with Gasteiger partial charge in [0, 0.05) is 25.3 Å². The number of nitrogens with one attached hydrogen (secondary N) is 2. The van der Waals surface area contributed by atoms with Crippen LogP contribution in [0.2, 0.25) is 0 Å². The number of hydrogen-bond donors (Lipinski definition) is 2. The SMILES string of the molecule is c1ccc(-c2nc(N3CC[C@H](Nc4ncnc5[nH]ncc45)C3)no2)nc1. The van der Waals surface area contributed by atoms with Crippen LogP contribution in [0.5, 0.6) is 0 Å². The largest absolute Gasteiger partial charge is 0.365 e. The lowest BCUT2D eigenvalue weighted by Gasteiger charge is -2.15. The van der Waals surface area contributed by atoms with E-state index in [1.807, 2.05) is 18.2 Å². The second-order valence-electron chi connectivity index (χ2n) is 6.05. The van der Waals surface area contributed by atoms with Crippen LogP contribution < -0.4 is 10.2 Å². The summed E-state index contributed by atoms with van der Waals surface area (Å²) in [5.41, 5.74) is 1.39. The molecular weight excluding hydrogens is 334 g/mol. The highest BCUT2D eigenvalue weighted by Crippen LogP contribution is 2.24. The van der Waals surface area contributed by atoms with E-state index < -0.39 is 0 Å². The number of anilines is 2. The molecule has 5 rings (SSSR count). The molecule has 0 aromatic carbocycles. The Morgan fingerprint density at radius 1 is 1.23 bits per heavy atom. The lowest BCUT2D eigenvalue weighted by molar-refractivity contribution is 0.428. The Morgan fingerprint density at radius 2 is 2.23 bits per heavy atom. The number of hydrogen-bond acceptors (Lipinski definition) is 9. The van der Waals surface area contributed by atoms with E-state index in [2.05, 4.69) is 45.5 Å². The van der Waals surface area contributed by atoms with Crippen molar-refractivity contribution in [3.63, 3.8) is 0 Å². The van der Waals surface area contributed by atoms with Gasteiger partial charge in [-0.1, -0.05) is 6.07 Å². The van der Waals surface area contributed by atoms with Crippen LogP contribution in [-0.4, -0.2) is 54.4 Å². The molecule has 0 aliphatic carbocycles. The average Bonchev–Trinajstić information content (AvgIpc) is 3.43. The van der Waals surface area contributed by atoms with Crippen molar-refractivity contribution in [2.45, 2.75) is 12.5 Å². The van der Waals surface area contributed by atoms with Gasteiger partial charge in [0.25, 0.3) is 11.8 Å². The third-order valence-electron chi connectivity index (χ3n) is 4.36. The first-order valence-electron chi connectivity index (χ1n) is 8.27. The summed E-state index contributed by atoms with van der Waals surface area (Å²) in [5.74, 6) is 1.77. The fourth-order valence-electron chi connectivity index (χ4n) is 3.07. The molecule has 0 spiro atoms. The molecule has 2 N–H and O–H groups in total. The first-order chi connectivity index (χ1) is 12.9. The van der Waals surface area contributed by atoms with E-state index in [1.165, 1.54) is 6.33 Å². The Kier molecular flexibility index (Phi) is 3.44. The van der Waals surface area contributed by atoms with Crippen molar-refractivity contribution in [3.05, 3.63) is 36.9 Å². The highest BCUT2D eigenvalue weighted by atomic mass is 16.5. The van der Waals surface area contributed by atoms with Crippen LogP contribution >= 0.6 is 0 Å². The minimum atomic E-state index is 0.222. The van der Waals surface area contributed by atoms with Gasteiger partial charge in [0.1, 0.15) is 17.8 Å². The molecule has 4 aromatic heterocycles. The van der Waals surface area contributed by atoms with Crippen molar-refractivity contribution in [2.24, 2.45) is 0 Å². The van der Waals surface area contributed by atoms with Gasteiger partial charge in [0.15, 0.2) is 5.65 Å². The summed E-state index contributed by atoms with van der Waals surface area (Å²) >= 11 is 0. The molecule has 1 aliphatic heterocycles. The number of fused-ring (bicyclic) bond motifs is 1. The van der Waals surface area contributed by atoms with Crippen LogP contribution in [0.3, 0.4) is 0 Å². The van der Waals surface area contributed by atoms with Gasteiger partial charge in [-0.3, -0.25) is 10.1 Å². The molecule has 10 heteroatoms. The lowest BCUT2D eigenvalue weighted by Crippen LogP contribution is -2.27. The van der Waals surface area contributed by atoms with E-state index in [-0.39, 0.29) is 6.04 Å². The fourth-order valence-corrected chi connectivity index (χ4v) is 3.07. The Morgan fingerprint density at radius 3 is 3.15 bits per heavy atom. The van der Waals surface area contributed by atoms with Crippen LogP contribution in [0.4, 0.5) is 11.8 Å². The van der Waals surface area contributed by atoms with Gasteiger partial charge in [-0.05, 0) is 23.7 Å². The molecule has 1 atom stereocenters. The zero-order chi connectivity index (χ0) is 17.3. The summed E-state index contributed by atoms with van der Waals surface area (Å²) in [6.45, 7) is 1.59. The number of H-pyrrole nitrogens is 1. The minimum Gasteiger partial charge on any atom is -0.365 e. The van der Waals surface area contributed by atoms with Crippen LogP contribution in [0.15, 0.2) is 41.4 Å². The van der Waals surface area contributed by atoms with Crippen LogP contribution in [-0.2, 0) is 0 Å². The second-order valence-corrected chi connectivity index (χ2v) is 6.05. The summed E-state index contributed by atoms with van der Waals surface area (Å²) < 4.78 is 5.35. The zero-order valence-corrected chi connectivity index (χ0v) is 13.7. The summed E-state index contributed by atoms with van der Waals surface area (Å²) in [5, 5.41) is 15.3. The third kappa shape index (κ3) is 2.61. The van der Waals surface area contributed by atoms with Crippen LogP contribution in [0.25, 0.3) is 22.6 Å². The number of aromatic amines is 1. The summed E-state index contributed by atoms with van der Waals surface area (Å²) in [4.78, 5) is 19.3. The van der Waals surface area contributed by atoms with Crippen LogP contribution in [0.1, 0.15) is 6.42 Å². The Hall–Kier alpha value is -3.56. The standard InChI is InChI=1S/C16H15N9O/c1-2-5-17-12(3-1)15-22-16(24-26-15)25-6-4-10(8-25)21-13-11-7-20-23-14(11)19-9-18-13/h1-3,5,7,9-10H,4,6,8H2,(H2,18,19,20,21,23)/t10-/m0/s1. The van der Waals surface area contributed by atoms with Crippen molar-refractivity contribution < 1.29 is 4.52 Å². The summed E-state index contributed by atoms with van der Waals surface area (Å²) in [7, 11) is 0. The van der Waals surface area contributed by atoms with Gasteiger partial charge >= 0.3 is 0 Å². The third-order valence-corrected chi connectivity index (χ3v) is 4.36. The maximum absolute atomic E-state index is 5.35. The van der Waals surface area contributed by atoms with Crippen LogP contribution in [0, 0.1) is 0 Å². The molecule has 1 aliphatic rings. The summed E-state index contributed by atoms with van der Waals surface area (Å²) in [6.07, 6.45) is 5.89. The van der Waals surface area contributed by atoms with E-state index in [0.717, 1.165) is 36.4 Å². The molecule has 0 radical (unpaired) electrons. The first kappa shape index (κ1) is 14.8. The van der Waals surface area contributed by atoms with Crippen molar-refractivity contribution in [2.75, 3.05) is 23.3 Å². The van der Waals surface area contributed by atoms with Gasteiger partial charge < -0.3 is 14.7 Å². The maximum Gasteiger partial charge on any atom is 0.278 e. The Balaban J connectivity index is 1.30. The van der Waals surface area contributed by atoms with Gasteiger partial charge in [0.2, 0.25) is 0 Å². The minimum absolute atomic E-state index is 0.222. The molecule has 0 amide bonds. The molecule has 5 heterocycles. The first-order valence-corrected chi connectivity index (χ1v) is 8.27. The van der Waals surface area contributed by atoms with Gasteiger partial charge in [-0.25, -0.2) is 9.97 Å². The number of aromatic nitrogens is 7. The molecule has 1 saturated heterocycles. The maximum atomic E-state index is 5.35. The number of rotatable bonds is 4. The van der Waals surface area contributed by atoms with E-state index in [9.17, 15) is 0 Å². The molecular formula is C16H15N9O. The lowest BCUT2D eigenvalue weighted by atomic mass is 10.2. The number of nitrogens with zero attached hydrogens (tertiary/aromatic N) is 7.